The van der Waals surface area contributed by atoms with E-state index in [2.05, 4.69) is 0 Å². The van der Waals surface area contributed by atoms with E-state index in [1.54, 1.807) is 6.92 Å². The molecule has 27 heavy (non-hydrogen) atoms. The zero-order valence-corrected chi connectivity index (χ0v) is 15.9. The summed E-state index contributed by atoms with van der Waals surface area (Å²) in [6.07, 6.45) is -4.38. The molecule has 0 spiro atoms. The molecule has 0 amide bonds. The third-order valence-corrected chi connectivity index (χ3v) is 5.79. The fourth-order valence-electron chi connectivity index (χ4n) is 4.11. The molecule has 3 atom stereocenters. The molecule has 0 aromatic heterocycles. The zero-order chi connectivity index (χ0) is 20.0. The van der Waals surface area contributed by atoms with Gasteiger partial charge in [0.05, 0.1) is 12.2 Å². The van der Waals surface area contributed by atoms with E-state index in [0.29, 0.717) is 0 Å². The first-order valence-corrected chi connectivity index (χ1v) is 9.06. The number of carbonyl (C=O) groups is 1. The topological polar surface area (TPSA) is 26.3 Å². The molecule has 1 unspecified atom stereocenters. The second kappa shape index (κ2) is 6.70. The summed E-state index contributed by atoms with van der Waals surface area (Å²) in [4.78, 5) is 12.9. The smallest absolute Gasteiger partial charge is 0.416 e. The fraction of sp³-hybridized carbons (Fsp3) is 0.409. The van der Waals surface area contributed by atoms with E-state index in [1.807, 2.05) is 39.0 Å². The number of esters is 1. The molecule has 1 saturated carbocycles. The van der Waals surface area contributed by atoms with Gasteiger partial charge in [-0.2, -0.15) is 13.2 Å². The van der Waals surface area contributed by atoms with Crippen LogP contribution in [0.5, 0.6) is 0 Å². The average Bonchev–Trinajstić information content (AvgIpc) is 3.23. The third-order valence-electron chi connectivity index (χ3n) is 5.79. The number of benzene rings is 2. The van der Waals surface area contributed by atoms with Gasteiger partial charge in [-0.3, -0.25) is 4.79 Å². The Morgan fingerprint density at radius 2 is 1.70 bits per heavy atom. The number of alkyl halides is 3. The molecule has 1 fully saturated rings. The van der Waals surface area contributed by atoms with E-state index < -0.39 is 17.2 Å². The van der Waals surface area contributed by atoms with Gasteiger partial charge in [0.15, 0.2) is 0 Å². The van der Waals surface area contributed by atoms with Crippen molar-refractivity contribution in [2.24, 2.45) is 5.92 Å². The van der Waals surface area contributed by atoms with Crippen molar-refractivity contribution < 1.29 is 22.7 Å². The third kappa shape index (κ3) is 3.13. The molecule has 1 aliphatic carbocycles. The average molecular weight is 376 g/mol. The Morgan fingerprint density at radius 3 is 2.22 bits per heavy atom. The maximum Gasteiger partial charge on any atom is 0.416 e. The molecule has 2 aromatic rings. The van der Waals surface area contributed by atoms with E-state index in [9.17, 15) is 18.0 Å². The molecule has 0 heterocycles. The Bertz CT molecular complexity index is 855. The van der Waals surface area contributed by atoms with Crippen LogP contribution in [-0.2, 0) is 21.1 Å². The van der Waals surface area contributed by atoms with Gasteiger partial charge in [-0.25, -0.2) is 0 Å². The zero-order valence-electron chi connectivity index (χ0n) is 15.9. The SMILES string of the molecule is CCOC(=O)[C@@]1(c2ccc(C)c(C)c2)C(C)[C@H]1c1ccc(C(F)(F)F)cc1. The van der Waals surface area contributed by atoms with Crippen molar-refractivity contribution in [1.82, 2.24) is 0 Å². The Morgan fingerprint density at radius 1 is 1.07 bits per heavy atom. The lowest BCUT2D eigenvalue weighted by Crippen LogP contribution is -2.27. The van der Waals surface area contributed by atoms with E-state index in [0.717, 1.165) is 34.4 Å². The number of hydrogen-bond donors (Lipinski definition) is 0. The van der Waals surface area contributed by atoms with Gasteiger partial charge in [0, 0.05) is 5.92 Å². The van der Waals surface area contributed by atoms with Gasteiger partial charge < -0.3 is 4.74 Å². The van der Waals surface area contributed by atoms with Gasteiger partial charge >= 0.3 is 12.1 Å². The van der Waals surface area contributed by atoms with E-state index in [-0.39, 0.29) is 24.4 Å². The highest BCUT2D eigenvalue weighted by molar-refractivity contribution is 5.90. The Kier molecular flexibility index (Phi) is 4.83. The number of ether oxygens (including phenoxy) is 1. The molecule has 0 N–H and O–H groups in total. The summed E-state index contributed by atoms with van der Waals surface area (Å²) in [6, 6.07) is 11.0. The lowest BCUT2D eigenvalue weighted by molar-refractivity contribution is -0.146. The first-order valence-electron chi connectivity index (χ1n) is 9.06. The number of halogens is 3. The predicted molar refractivity (Wildman–Crippen MR) is 97.6 cm³/mol. The van der Waals surface area contributed by atoms with Crippen molar-refractivity contribution in [3.63, 3.8) is 0 Å². The van der Waals surface area contributed by atoms with Gasteiger partial charge in [0.1, 0.15) is 5.41 Å². The van der Waals surface area contributed by atoms with Crippen LogP contribution >= 0.6 is 0 Å². The van der Waals surface area contributed by atoms with Crippen LogP contribution in [-0.4, -0.2) is 12.6 Å². The van der Waals surface area contributed by atoms with E-state index in [4.69, 9.17) is 4.74 Å². The molecule has 2 nitrogen and oxygen atoms in total. The Hall–Kier alpha value is -2.30. The summed E-state index contributed by atoms with van der Waals surface area (Å²) in [5, 5.41) is 0. The lowest BCUT2D eigenvalue weighted by atomic mass is 9.88. The Labute approximate surface area is 157 Å². The van der Waals surface area contributed by atoms with Crippen LogP contribution < -0.4 is 0 Å². The first-order chi connectivity index (χ1) is 12.6. The van der Waals surface area contributed by atoms with Crippen molar-refractivity contribution in [3.8, 4) is 0 Å². The molecule has 144 valence electrons. The van der Waals surface area contributed by atoms with Crippen molar-refractivity contribution in [2.75, 3.05) is 6.61 Å². The van der Waals surface area contributed by atoms with Crippen LogP contribution in [0.1, 0.15) is 47.6 Å². The molecular weight excluding hydrogens is 353 g/mol. The van der Waals surface area contributed by atoms with Gasteiger partial charge in [-0.15, -0.1) is 0 Å². The van der Waals surface area contributed by atoms with Gasteiger partial charge in [0.2, 0.25) is 0 Å². The van der Waals surface area contributed by atoms with Crippen LogP contribution in [0.15, 0.2) is 42.5 Å². The second-order valence-corrected chi connectivity index (χ2v) is 7.27. The van der Waals surface area contributed by atoms with Gasteiger partial charge in [-0.05, 0) is 61.1 Å². The number of hydrogen-bond acceptors (Lipinski definition) is 2. The predicted octanol–water partition coefficient (Wildman–Crippen LogP) is 5.56. The summed E-state index contributed by atoms with van der Waals surface area (Å²) in [5.74, 6) is -0.581. The van der Waals surface area contributed by atoms with Crippen LogP contribution in [0.2, 0.25) is 0 Å². The molecular formula is C22H23F3O2. The first kappa shape index (κ1) is 19.5. The summed E-state index contributed by atoms with van der Waals surface area (Å²) >= 11 is 0. The molecule has 2 aromatic carbocycles. The monoisotopic (exact) mass is 376 g/mol. The van der Waals surface area contributed by atoms with Crippen LogP contribution in [0.3, 0.4) is 0 Å². The number of carbonyl (C=O) groups excluding carboxylic acids is 1. The molecule has 3 rings (SSSR count). The standard InChI is InChI=1S/C22H23F3O2/c1-5-27-20(26)21(18-9-6-13(2)14(3)12-18)15(4)19(21)16-7-10-17(11-8-16)22(23,24)25/h6-12,15,19H,5H2,1-4H3/t15?,19-,21+/m0/s1. The highest BCUT2D eigenvalue weighted by Crippen LogP contribution is 2.66. The normalized spacial score (nSPS) is 24.6. The van der Waals surface area contributed by atoms with Crippen LogP contribution in [0.25, 0.3) is 0 Å². The summed E-state index contributed by atoms with van der Waals surface area (Å²) in [7, 11) is 0. The Balaban J connectivity index is 2.05. The number of rotatable bonds is 4. The van der Waals surface area contributed by atoms with E-state index >= 15 is 0 Å². The molecule has 0 radical (unpaired) electrons. The minimum atomic E-state index is -4.38. The maximum atomic E-state index is 12.9. The highest BCUT2D eigenvalue weighted by atomic mass is 19.4. The quantitative estimate of drug-likeness (QED) is 0.654. The maximum absolute atomic E-state index is 12.9. The molecule has 1 aliphatic rings. The van der Waals surface area contributed by atoms with E-state index in [1.165, 1.54) is 12.1 Å². The molecule has 0 saturated heterocycles. The molecule has 0 aliphatic heterocycles. The minimum Gasteiger partial charge on any atom is -0.465 e. The van der Waals surface area contributed by atoms with Crippen molar-refractivity contribution >= 4 is 5.97 Å². The van der Waals surface area contributed by atoms with Crippen molar-refractivity contribution in [1.29, 1.82) is 0 Å². The molecule has 0 bridgehead atoms. The van der Waals surface area contributed by atoms with Crippen molar-refractivity contribution in [3.05, 3.63) is 70.3 Å². The van der Waals surface area contributed by atoms with Gasteiger partial charge in [-0.1, -0.05) is 37.3 Å². The summed E-state index contributed by atoms with van der Waals surface area (Å²) in [5.41, 5.74) is 2.24. The van der Waals surface area contributed by atoms with Gasteiger partial charge in [0.25, 0.3) is 0 Å². The van der Waals surface area contributed by atoms with Crippen LogP contribution in [0, 0.1) is 19.8 Å². The molecule has 5 heteroatoms. The minimum absolute atomic E-state index is 0.0598. The largest absolute Gasteiger partial charge is 0.465 e. The second-order valence-electron chi connectivity index (χ2n) is 7.27. The highest BCUT2D eigenvalue weighted by Gasteiger charge is 2.69. The summed E-state index contributed by atoms with van der Waals surface area (Å²) < 4.78 is 44.0. The van der Waals surface area contributed by atoms with Crippen LogP contribution in [0.4, 0.5) is 13.2 Å². The summed E-state index contributed by atoms with van der Waals surface area (Å²) in [6.45, 7) is 7.95. The fourth-order valence-corrected chi connectivity index (χ4v) is 4.11. The number of aryl methyl sites for hydroxylation is 2. The lowest BCUT2D eigenvalue weighted by Gasteiger charge is -2.19. The van der Waals surface area contributed by atoms with Crippen molar-refractivity contribution in [2.45, 2.75) is 45.2 Å².